The standard InChI is InChI=1S/C15H14ClN3/c1-19(11-12-4-6-18-7-5-12)15-3-2-13(9-16)8-14(15)10-17/h2-8H,9,11H2,1H3. The second-order valence-corrected chi connectivity index (χ2v) is 4.58. The molecule has 0 aliphatic rings. The maximum absolute atomic E-state index is 9.22. The molecule has 0 saturated carbocycles. The third kappa shape index (κ3) is 3.24. The van der Waals surface area contributed by atoms with E-state index in [1.165, 1.54) is 0 Å². The number of pyridine rings is 1. The van der Waals surface area contributed by atoms with Crippen LogP contribution in [0, 0.1) is 11.3 Å². The summed E-state index contributed by atoms with van der Waals surface area (Å²) < 4.78 is 0. The fraction of sp³-hybridized carbons (Fsp3) is 0.200. The first-order valence-corrected chi connectivity index (χ1v) is 6.47. The third-order valence-corrected chi connectivity index (χ3v) is 3.22. The number of nitriles is 1. The van der Waals surface area contributed by atoms with Crippen molar-refractivity contribution in [3.8, 4) is 6.07 Å². The van der Waals surface area contributed by atoms with E-state index in [4.69, 9.17) is 11.6 Å². The first kappa shape index (κ1) is 13.4. The number of halogens is 1. The van der Waals surface area contributed by atoms with Crippen LogP contribution in [0.5, 0.6) is 0 Å². The van der Waals surface area contributed by atoms with E-state index in [-0.39, 0.29) is 0 Å². The summed E-state index contributed by atoms with van der Waals surface area (Å²) in [6.45, 7) is 0.734. The predicted octanol–water partition coefficient (Wildman–Crippen LogP) is 3.33. The second-order valence-electron chi connectivity index (χ2n) is 4.31. The minimum atomic E-state index is 0.420. The molecule has 19 heavy (non-hydrogen) atoms. The van der Waals surface area contributed by atoms with E-state index in [9.17, 15) is 5.26 Å². The Bertz CT molecular complexity index is 590. The van der Waals surface area contributed by atoms with Gasteiger partial charge in [-0.25, -0.2) is 0 Å². The summed E-state index contributed by atoms with van der Waals surface area (Å²) in [5, 5.41) is 9.22. The van der Waals surface area contributed by atoms with E-state index in [0.29, 0.717) is 11.4 Å². The first-order valence-electron chi connectivity index (χ1n) is 5.93. The van der Waals surface area contributed by atoms with Gasteiger partial charge in [-0.15, -0.1) is 11.6 Å². The maximum Gasteiger partial charge on any atom is 0.101 e. The zero-order valence-electron chi connectivity index (χ0n) is 10.7. The van der Waals surface area contributed by atoms with Crippen LogP contribution in [0.3, 0.4) is 0 Å². The third-order valence-electron chi connectivity index (χ3n) is 2.92. The normalized spacial score (nSPS) is 9.95. The van der Waals surface area contributed by atoms with Gasteiger partial charge in [0.15, 0.2) is 0 Å². The monoisotopic (exact) mass is 271 g/mol. The largest absolute Gasteiger partial charge is 0.369 e. The van der Waals surface area contributed by atoms with E-state index in [1.807, 2.05) is 42.3 Å². The lowest BCUT2D eigenvalue weighted by Crippen LogP contribution is -2.17. The highest BCUT2D eigenvalue weighted by Crippen LogP contribution is 2.22. The van der Waals surface area contributed by atoms with Crippen LogP contribution in [0.15, 0.2) is 42.7 Å². The van der Waals surface area contributed by atoms with Crippen molar-refractivity contribution in [2.24, 2.45) is 0 Å². The molecule has 0 spiro atoms. The molecular formula is C15H14ClN3. The van der Waals surface area contributed by atoms with Gasteiger partial charge in [0.05, 0.1) is 11.3 Å². The highest BCUT2D eigenvalue weighted by atomic mass is 35.5. The Kier molecular flexibility index (Phi) is 4.38. The van der Waals surface area contributed by atoms with Crippen molar-refractivity contribution < 1.29 is 0 Å². The second kappa shape index (κ2) is 6.21. The zero-order chi connectivity index (χ0) is 13.7. The van der Waals surface area contributed by atoms with Crippen molar-refractivity contribution in [1.82, 2.24) is 4.98 Å². The van der Waals surface area contributed by atoms with E-state index in [0.717, 1.165) is 23.4 Å². The Morgan fingerprint density at radius 1 is 1.21 bits per heavy atom. The topological polar surface area (TPSA) is 39.9 Å². The number of alkyl halides is 1. The Morgan fingerprint density at radius 3 is 2.58 bits per heavy atom. The van der Waals surface area contributed by atoms with Gasteiger partial charge in [0, 0.05) is 31.9 Å². The van der Waals surface area contributed by atoms with E-state index >= 15 is 0 Å². The molecule has 2 rings (SSSR count). The Labute approximate surface area is 118 Å². The Balaban J connectivity index is 2.24. The van der Waals surface area contributed by atoms with Crippen LogP contribution in [0.1, 0.15) is 16.7 Å². The fourth-order valence-electron chi connectivity index (χ4n) is 1.94. The van der Waals surface area contributed by atoms with Gasteiger partial charge in [-0.1, -0.05) is 6.07 Å². The lowest BCUT2D eigenvalue weighted by molar-refractivity contribution is 0.917. The molecule has 0 aliphatic carbocycles. The first-order chi connectivity index (χ1) is 9.24. The molecule has 4 heteroatoms. The number of benzene rings is 1. The fourth-order valence-corrected chi connectivity index (χ4v) is 2.10. The molecule has 0 radical (unpaired) electrons. The van der Waals surface area contributed by atoms with Crippen molar-refractivity contribution in [2.45, 2.75) is 12.4 Å². The van der Waals surface area contributed by atoms with Crippen molar-refractivity contribution >= 4 is 17.3 Å². The van der Waals surface area contributed by atoms with Crippen molar-refractivity contribution in [1.29, 1.82) is 5.26 Å². The average molecular weight is 272 g/mol. The number of hydrogen-bond acceptors (Lipinski definition) is 3. The molecule has 0 atom stereocenters. The SMILES string of the molecule is CN(Cc1ccncc1)c1ccc(CCl)cc1C#N. The lowest BCUT2D eigenvalue weighted by atomic mass is 10.1. The highest BCUT2D eigenvalue weighted by molar-refractivity contribution is 6.17. The molecule has 0 fully saturated rings. The van der Waals surface area contributed by atoms with Gasteiger partial charge in [0.25, 0.3) is 0 Å². The molecule has 0 aliphatic heterocycles. The van der Waals surface area contributed by atoms with Crippen molar-refractivity contribution in [3.05, 3.63) is 59.4 Å². The van der Waals surface area contributed by atoms with Crippen LogP contribution < -0.4 is 4.90 Å². The number of nitrogens with zero attached hydrogens (tertiary/aromatic N) is 3. The average Bonchev–Trinajstić information content (AvgIpc) is 2.47. The highest BCUT2D eigenvalue weighted by Gasteiger charge is 2.08. The van der Waals surface area contributed by atoms with Gasteiger partial charge in [-0.05, 0) is 35.4 Å². The molecule has 96 valence electrons. The van der Waals surface area contributed by atoms with Crippen LogP contribution >= 0.6 is 11.6 Å². The van der Waals surface area contributed by atoms with E-state index in [2.05, 4.69) is 11.1 Å². The summed E-state index contributed by atoms with van der Waals surface area (Å²) in [4.78, 5) is 6.04. The molecule has 0 saturated heterocycles. The van der Waals surface area contributed by atoms with Crippen LogP contribution in [-0.2, 0) is 12.4 Å². The predicted molar refractivity (Wildman–Crippen MR) is 77.1 cm³/mol. The van der Waals surface area contributed by atoms with E-state index < -0.39 is 0 Å². The van der Waals surface area contributed by atoms with Crippen LogP contribution in [-0.4, -0.2) is 12.0 Å². The molecule has 0 unspecified atom stereocenters. The summed E-state index contributed by atoms with van der Waals surface area (Å²) in [5.74, 6) is 0.420. The maximum atomic E-state index is 9.22. The molecular weight excluding hydrogens is 258 g/mol. The molecule has 1 heterocycles. The molecule has 3 nitrogen and oxygen atoms in total. The number of rotatable bonds is 4. The molecule has 0 N–H and O–H groups in total. The van der Waals surface area contributed by atoms with Gasteiger partial charge in [-0.3, -0.25) is 4.98 Å². The van der Waals surface area contributed by atoms with Gasteiger partial charge < -0.3 is 4.90 Å². The smallest absolute Gasteiger partial charge is 0.101 e. The van der Waals surface area contributed by atoms with Crippen molar-refractivity contribution in [3.63, 3.8) is 0 Å². The summed E-state index contributed by atoms with van der Waals surface area (Å²) in [6.07, 6.45) is 3.54. The summed E-state index contributed by atoms with van der Waals surface area (Å²) >= 11 is 5.79. The van der Waals surface area contributed by atoms with E-state index in [1.54, 1.807) is 12.4 Å². The summed E-state index contributed by atoms with van der Waals surface area (Å²) in [6, 6.07) is 11.9. The van der Waals surface area contributed by atoms with Gasteiger partial charge in [-0.2, -0.15) is 5.26 Å². The lowest BCUT2D eigenvalue weighted by Gasteiger charge is -2.21. The molecule has 1 aromatic carbocycles. The minimum Gasteiger partial charge on any atom is -0.369 e. The minimum absolute atomic E-state index is 0.420. The summed E-state index contributed by atoms with van der Waals surface area (Å²) in [5.41, 5.74) is 3.67. The zero-order valence-corrected chi connectivity index (χ0v) is 11.4. The van der Waals surface area contributed by atoms with Gasteiger partial charge >= 0.3 is 0 Å². The van der Waals surface area contributed by atoms with Gasteiger partial charge in [0.2, 0.25) is 0 Å². The Hall–Kier alpha value is -2.05. The quantitative estimate of drug-likeness (QED) is 0.801. The van der Waals surface area contributed by atoms with Crippen LogP contribution in [0.4, 0.5) is 5.69 Å². The Morgan fingerprint density at radius 2 is 1.95 bits per heavy atom. The number of anilines is 1. The number of aromatic nitrogens is 1. The molecule has 1 aromatic heterocycles. The van der Waals surface area contributed by atoms with Crippen molar-refractivity contribution in [2.75, 3.05) is 11.9 Å². The van der Waals surface area contributed by atoms with Crippen LogP contribution in [0.2, 0.25) is 0 Å². The molecule has 2 aromatic rings. The van der Waals surface area contributed by atoms with Crippen LogP contribution in [0.25, 0.3) is 0 Å². The number of hydrogen-bond donors (Lipinski definition) is 0. The molecule has 0 bridgehead atoms. The summed E-state index contributed by atoms with van der Waals surface area (Å²) in [7, 11) is 1.97. The van der Waals surface area contributed by atoms with Gasteiger partial charge in [0.1, 0.15) is 6.07 Å². The molecule has 0 amide bonds.